The predicted octanol–water partition coefficient (Wildman–Crippen LogP) is 2.95. The van der Waals surface area contributed by atoms with Gasteiger partial charge < -0.3 is 15.2 Å². The van der Waals surface area contributed by atoms with Gasteiger partial charge in [0.25, 0.3) is 0 Å². The van der Waals surface area contributed by atoms with Gasteiger partial charge in [0.05, 0.1) is 12.3 Å². The summed E-state index contributed by atoms with van der Waals surface area (Å²) in [5, 5.41) is 11.5. The number of benzene rings is 2. The minimum absolute atomic E-state index is 0.123. The second kappa shape index (κ2) is 8.87. The quantitative estimate of drug-likeness (QED) is 0.774. The number of nitrogens with one attached hydrogen (secondary N) is 1. The Morgan fingerprint density at radius 1 is 1.16 bits per heavy atom. The highest BCUT2D eigenvalue weighted by molar-refractivity contribution is 5.79. The summed E-state index contributed by atoms with van der Waals surface area (Å²) in [7, 11) is 0. The van der Waals surface area contributed by atoms with E-state index in [1.807, 2.05) is 55.5 Å². The third-order valence-electron chi connectivity index (χ3n) is 3.95. The minimum atomic E-state index is -0.924. The molecule has 1 unspecified atom stereocenters. The van der Waals surface area contributed by atoms with Crippen LogP contribution >= 0.6 is 0 Å². The standard InChI is InChI=1S/C20H23NO4/c1-14-6-3-4-8-17(14)13-25-18-9-5-7-16(10-18)11-19(22)21-12-15(2)20(23)24/h3-10,15H,11-13H2,1-2H3,(H,21,22)(H,23,24). The number of ether oxygens (including phenoxy) is 1. The molecule has 0 radical (unpaired) electrons. The van der Waals surface area contributed by atoms with Crippen LogP contribution in [0.5, 0.6) is 5.75 Å². The molecule has 0 spiro atoms. The number of carbonyl (C=O) groups is 2. The van der Waals surface area contributed by atoms with Gasteiger partial charge in [-0.3, -0.25) is 9.59 Å². The molecule has 5 heteroatoms. The van der Waals surface area contributed by atoms with Crippen LogP contribution < -0.4 is 10.1 Å². The first kappa shape index (κ1) is 18.5. The van der Waals surface area contributed by atoms with E-state index in [1.54, 1.807) is 6.92 Å². The van der Waals surface area contributed by atoms with Crippen molar-refractivity contribution >= 4 is 11.9 Å². The largest absolute Gasteiger partial charge is 0.489 e. The van der Waals surface area contributed by atoms with Gasteiger partial charge in [-0.05, 0) is 35.7 Å². The van der Waals surface area contributed by atoms with E-state index in [0.717, 1.165) is 11.1 Å². The summed E-state index contributed by atoms with van der Waals surface area (Å²) >= 11 is 0. The molecule has 2 rings (SSSR count). The Morgan fingerprint density at radius 3 is 2.64 bits per heavy atom. The van der Waals surface area contributed by atoms with Crippen molar-refractivity contribution in [3.8, 4) is 5.75 Å². The molecule has 1 amide bonds. The maximum Gasteiger partial charge on any atom is 0.308 e. The Hall–Kier alpha value is -2.82. The normalized spacial score (nSPS) is 11.6. The Bertz CT molecular complexity index is 742. The summed E-state index contributed by atoms with van der Waals surface area (Å²) in [6.45, 7) is 4.19. The number of hydrogen-bond acceptors (Lipinski definition) is 3. The van der Waals surface area contributed by atoms with Crippen LogP contribution in [0, 0.1) is 12.8 Å². The van der Waals surface area contributed by atoms with E-state index >= 15 is 0 Å². The first-order valence-electron chi connectivity index (χ1n) is 8.21. The molecule has 25 heavy (non-hydrogen) atoms. The van der Waals surface area contributed by atoms with Crippen LogP contribution in [-0.4, -0.2) is 23.5 Å². The van der Waals surface area contributed by atoms with Crippen LogP contribution in [0.25, 0.3) is 0 Å². The molecule has 2 N–H and O–H groups in total. The molecule has 0 saturated heterocycles. The first-order valence-corrected chi connectivity index (χ1v) is 8.21. The minimum Gasteiger partial charge on any atom is -0.489 e. The van der Waals surface area contributed by atoms with Crippen LogP contribution in [0.15, 0.2) is 48.5 Å². The van der Waals surface area contributed by atoms with E-state index in [1.165, 1.54) is 5.56 Å². The van der Waals surface area contributed by atoms with Crippen LogP contribution in [0.4, 0.5) is 0 Å². The fourth-order valence-corrected chi connectivity index (χ4v) is 2.28. The lowest BCUT2D eigenvalue weighted by atomic mass is 10.1. The predicted molar refractivity (Wildman–Crippen MR) is 95.5 cm³/mol. The number of aliphatic carboxylic acids is 1. The number of carboxylic acids is 1. The van der Waals surface area contributed by atoms with Crippen molar-refractivity contribution in [2.75, 3.05) is 6.54 Å². The Morgan fingerprint density at radius 2 is 1.92 bits per heavy atom. The first-order chi connectivity index (χ1) is 12.0. The van der Waals surface area contributed by atoms with Crippen LogP contribution in [0.3, 0.4) is 0 Å². The molecule has 0 heterocycles. The second-order valence-corrected chi connectivity index (χ2v) is 6.08. The molecular formula is C20H23NO4. The Labute approximate surface area is 147 Å². The van der Waals surface area contributed by atoms with E-state index in [2.05, 4.69) is 5.32 Å². The van der Waals surface area contributed by atoms with E-state index in [9.17, 15) is 9.59 Å². The topological polar surface area (TPSA) is 75.6 Å². The van der Waals surface area contributed by atoms with E-state index in [0.29, 0.717) is 12.4 Å². The Balaban J connectivity index is 1.89. The number of rotatable bonds is 8. The van der Waals surface area contributed by atoms with Crippen molar-refractivity contribution in [2.45, 2.75) is 26.9 Å². The van der Waals surface area contributed by atoms with Crippen molar-refractivity contribution in [1.29, 1.82) is 0 Å². The molecule has 2 aromatic rings. The average molecular weight is 341 g/mol. The molecule has 0 fully saturated rings. The number of aryl methyl sites for hydroxylation is 1. The zero-order valence-electron chi connectivity index (χ0n) is 14.5. The SMILES string of the molecule is Cc1ccccc1COc1cccc(CC(=O)NCC(C)C(=O)O)c1. The number of carboxylic acid groups (broad SMARTS) is 1. The van der Waals surface area contributed by atoms with E-state index < -0.39 is 11.9 Å². The highest BCUT2D eigenvalue weighted by atomic mass is 16.5. The lowest BCUT2D eigenvalue weighted by Gasteiger charge is -2.11. The van der Waals surface area contributed by atoms with Gasteiger partial charge in [0.2, 0.25) is 5.91 Å². The fourth-order valence-electron chi connectivity index (χ4n) is 2.28. The van der Waals surface area contributed by atoms with Gasteiger partial charge in [-0.25, -0.2) is 0 Å². The third kappa shape index (κ3) is 5.95. The lowest BCUT2D eigenvalue weighted by Crippen LogP contribution is -2.32. The maximum absolute atomic E-state index is 11.9. The summed E-state index contributed by atoms with van der Waals surface area (Å²) in [5.74, 6) is -1.03. The fraction of sp³-hybridized carbons (Fsp3) is 0.300. The van der Waals surface area contributed by atoms with Crippen molar-refractivity contribution in [1.82, 2.24) is 5.32 Å². The number of amides is 1. The molecule has 0 aromatic heterocycles. The van der Waals surface area contributed by atoms with Crippen LogP contribution in [0.1, 0.15) is 23.6 Å². The summed E-state index contributed by atoms with van der Waals surface area (Å²) in [5.41, 5.74) is 3.11. The molecule has 0 aliphatic heterocycles. The molecule has 2 aromatic carbocycles. The van der Waals surface area contributed by atoms with E-state index in [4.69, 9.17) is 9.84 Å². The highest BCUT2D eigenvalue weighted by Crippen LogP contribution is 2.17. The van der Waals surface area contributed by atoms with Gasteiger partial charge in [0.15, 0.2) is 0 Å². The molecule has 0 aliphatic rings. The summed E-state index contributed by atoms with van der Waals surface area (Å²) in [4.78, 5) is 22.7. The van der Waals surface area contributed by atoms with E-state index in [-0.39, 0.29) is 18.9 Å². The van der Waals surface area contributed by atoms with Crippen molar-refractivity contribution in [2.24, 2.45) is 5.92 Å². The lowest BCUT2D eigenvalue weighted by molar-refractivity contribution is -0.141. The van der Waals surface area contributed by atoms with Crippen molar-refractivity contribution in [3.05, 3.63) is 65.2 Å². The number of hydrogen-bond donors (Lipinski definition) is 2. The zero-order chi connectivity index (χ0) is 18.2. The molecule has 0 aliphatic carbocycles. The average Bonchev–Trinajstić information content (AvgIpc) is 2.59. The van der Waals surface area contributed by atoms with Gasteiger partial charge in [-0.15, -0.1) is 0 Å². The molecule has 5 nitrogen and oxygen atoms in total. The number of carbonyl (C=O) groups excluding carboxylic acids is 1. The molecule has 0 saturated carbocycles. The molecular weight excluding hydrogens is 318 g/mol. The second-order valence-electron chi connectivity index (χ2n) is 6.08. The van der Waals surface area contributed by atoms with Gasteiger partial charge in [-0.2, -0.15) is 0 Å². The van der Waals surface area contributed by atoms with Crippen LogP contribution in [-0.2, 0) is 22.6 Å². The Kier molecular flexibility index (Phi) is 6.57. The maximum atomic E-state index is 11.9. The summed E-state index contributed by atoms with van der Waals surface area (Å²) < 4.78 is 5.82. The van der Waals surface area contributed by atoms with Gasteiger partial charge in [0, 0.05) is 6.54 Å². The highest BCUT2D eigenvalue weighted by Gasteiger charge is 2.12. The summed E-state index contributed by atoms with van der Waals surface area (Å²) in [6, 6.07) is 15.4. The summed E-state index contributed by atoms with van der Waals surface area (Å²) in [6.07, 6.45) is 0.188. The van der Waals surface area contributed by atoms with Crippen molar-refractivity contribution in [3.63, 3.8) is 0 Å². The van der Waals surface area contributed by atoms with Gasteiger partial charge in [0.1, 0.15) is 12.4 Å². The van der Waals surface area contributed by atoms with Gasteiger partial charge >= 0.3 is 5.97 Å². The zero-order valence-corrected chi connectivity index (χ0v) is 14.5. The third-order valence-corrected chi connectivity index (χ3v) is 3.95. The molecule has 1 atom stereocenters. The van der Waals surface area contributed by atoms with Crippen molar-refractivity contribution < 1.29 is 19.4 Å². The molecule has 0 bridgehead atoms. The van der Waals surface area contributed by atoms with Gasteiger partial charge in [-0.1, -0.05) is 43.3 Å². The van der Waals surface area contributed by atoms with Crippen LogP contribution in [0.2, 0.25) is 0 Å². The molecule has 132 valence electrons. The smallest absolute Gasteiger partial charge is 0.308 e. The monoisotopic (exact) mass is 341 g/mol.